The minimum atomic E-state index is -4.07. The van der Waals surface area contributed by atoms with Gasteiger partial charge in [0.1, 0.15) is 0 Å². The van der Waals surface area contributed by atoms with E-state index in [0.717, 1.165) is 44.3 Å². The van der Waals surface area contributed by atoms with Crippen LogP contribution in [-0.4, -0.2) is 30.2 Å². The molecule has 3 rings (SSSR count). The molecule has 0 bridgehead atoms. The van der Waals surface area contributed by atoms with Crippen LogP contribution in [-0.2, 0) is 12.8 Å². The number of aryl methyl sites for hydroxylation is 1. The lowest BCUT2D eigenvalue weighted by molar-refractivity contribution is -0.200. The molecule has 0 N–H and O–H groups in total. The molecule has 180 valence electrons. The maximum absolute atomic E-state index is 13.0. The summed E-state index contributed by atoms with van der Waals surface area (Å²) in [6.07, 6.45) is 1.05. The normalized spacial score (nSPS) is 18.6. The third-order valence-electron chi connectivity index (χ3n) is 6.62. The zero-order valence-electron chi connectivity index (χ0n) is 20.1. The number of hydrogen-bond donors (Lipinski definition) is 0. The summed E-state index contributed by atoms with van der Waals surface area (Å²) in [4.78, 5) is 2.56. The topological polar surface area (TPSA) is 27.0 Å². The summed E-state index contributed by atoms with van der Waals surface area (Å²) in [7, 11) is 0. The average Bonchev–Trinajstić information content (AvgIpc) is 2.75. The monoisotopic (exact) mass is 458 g/mol. The Kier molecular flexibility index (Phi) is 10.9. The summed E-state index contributed by atoms with van der Waals surface area (Å²) >= 11 is 0. The fraction of sp³-hybridized carbons (Fsp3) is 0.536. The molecule has 0 spiro atoms. The molecule has 1 saturated carbocycles. The molecule has 1 aliphatic rings. The molecule has 2 aromatic carbocycles. The molecule has 1 fully saturated rings. The summed E-state index contributed by atoms with van der Waals surface area (Å²) in [6, 6.07) is 20.7. The van der Waals surface area contributed by atoms with E-state index in [2.05, 4.69) is 49.1 Å². The van der Waals surface area contributed by atoms with E-state index in [1.54, 1.807) is 6.07 Å². The minimum absolute atomic E-state index is 0.268. The lowest BCUT2D eigenvalue weighted by Gasteiger charge is -2.38. The molecular formula is C28H37F3N2. The Morgan fingerprint density at radius 1 is 0.970 bits per heavy atom. The van der Waals surface area contributed by atoms with E-state index >= 15 is 0 Å². The van der Waals surface area contributed by atoms with Crippen LogP contribution >= 0.6 is 0 Å². The molecule has 0 aliphatic heterocycles. The first-order chi connectivity index (χ1) is 15.8. The Labute approximate surface area is 197 Å². The lowest BCUT2D eigenvalue weighted by Crippen LogP contribution is -2.36. The van der Waals surface area contributed by atoms with Crippen molar-refractivity contribution in [2.75, 3.05) is 13.1 Å². The Morgan fingerprint density at radius 2 is 1.58 bits per heavy atom. The van der Waals surface area contributed by atoms with E-state index in [9.17, 15) is 13.2 Å². The first-order valence-corrected chi connectivity index (χ1v) is 12.0. The maximum Gasteiger partial charge on any atom is 0.392 e. The number of nitriles is 1. The first-order valence-electron chi connectivity index (χ1n) is 12.0. The smallest absolute Gasteiger partial charge is 0.300 e. The first kappa shape index (κ1) is 26.9. The fourth-order valence-corrected chi connectivity index (χ4v) is 4.54. The van der Waals surface area contributed by atoms with E-state index in [4.69, 9.17) is 5.26 Å². The maximum atomic E-state index is 13.0. The van der Waals surface area contributed by atoms with Crippen molar-refractivity contribution in [3.05, 3.63) is 71.3 Å². The van der Waals surface area contributed by atoms with Crippen molar-refractivity contribution in [1.82, 2.24) is 4.90 Å². The van der Waals surface area contributed by atoms with Gasteiger partial charge in [-0.15, -0.1) is 0 Å². The highest BCUT2D eigenvalue weighted by Gasteiger charge is 2.50. The third-order valence-corrected chi connectivity index (χ3v) is 6.62. The van der Waals surface area contributed by atoms with Crippen LogP contribution in [0, 0.1) is 17.2 Å². The van der Waals surface area contributed by atoms with Gasteiger partial charge in [-0.2, -0.15) is 18.4 Å². The Balaban J connectivity index is 0.00000122. The predicted molar refractivity (Wildman–Crippen MR) is 129 cm³/mol. The standard InChI is InChI=1S/C26H34F3N.C2H3N/c1-3-18-30(19-17-21-7-5-4-6-8-21)20(2)9-10-22-11-13-23(14-12-22)24-15-16-25(24)26(27,28)29;1-2-3/h4-8,11-14,20,24-25H,3,9-10,15-19H2,1-2H3;1H3. The van der Waals surface area contributed by atoms with Crippen LogP contribution in [0.2, 0.25) is 0 Å². The Hall–Kier alpha value is -2.32. The molecule has 33 heavy (non-hydrogen) atoms. The van der Waals surface area contributed by atoms with Gasteiger partial charge in [0.05, 0.1) is 12.0 Å². The molecular weight excluding hydrogens is 421 g/mol. The van der Waals surface area contributed by atoms with Crippen LogP contribution in [0.4, 0.5) is 13.2 Å². The van der Waals surface area contributed by atoms with Gasteiger partial charge in [0.25, 0.3) is 0 Å². The van der Waals surface area contributed by atoms with Crippen LogP contribution in [0.15, 0.2) is 54.6 Å². The van der Waals surface area contributed by atoms with Crippen LogP contribution in [0.3, 0.4) is 0 Å². The molecule has 0 heterocycles. The van der Waals surface area contributed by atoms with Crippen LogP contribution in [0.5, 0.6) is 0 Å². The Bertz CT molecular complexity index is 840. The van der Waals surface area contributed by atoms with Gasteiger partial charge in [0.15, 0.2) is 0 Å². The second-order valence-electron chi connectivity index (χ2n) is 8.96. The lowest BCUT2D eigenvalue weighted by atomic mass is 9.69. The van der Waals surface area contributed by atoms with E-state index in [0.29, 0.717) is 12.5 Å². The number of halogens is 3. The van der Waals surface area contributed by atoms with E-state index in [1.807, 2.05) is 24.3 Å². The van der Waals surface area contributed by atoms with Crippen molar-refractivity contribution in [3.63, 3.8) is 0 Å². The number of benzene rings is 2. The largest absolute Gasteiger partial charge is 0.392 e. The quantitative estimate of drug-likeness (QED) is 0.367. The highest BCUT2D eigenvalue weighted by atomic mass is 19.4. The van der Waals surface area contributed by atoms with Gasteiger partial charge in [-0.3, -0.25) is 0 Å². The molecule has 0 radical (unpaired) electrons. The van der Waals surface area contributed by atoms with Crippen molar-refractivity contribution < 1.29 is 13.2 Å². The molecule has 3 unspecified atom stereocenters. The molecule has 2 nitrogen and oxygen atoms in total. The molecule has 0 aromatic heterocycles. The number of alkyl halides is 3. The number of nitrogens with zero attached hydrogens (tertiary/aromatic N) is 2. The zero-order valence-corrected chi connectivity index (χ0v) is 20.1. The SMILES string of the molecule is CC#N.CCCN(CCc1ccccc1)C(C)CCc1ccc(C2CCC2C(F)(F)F)cc1. The van der Waals surface area contributed by atoms with Crippen molar-refractivity contribution in [1.29, 1.82) is 5.26 Å². The van der Waals surface area contributed by atoms with E-state index in [1.165, 1.54) is 18.1 Å². The molecule has 0 saturated heterocycles. The fourth-order valence-electron chi connectivity index (χ4n) is 4.54. The van der Waals surface area contributed by atoms with Crippen molar-refractivity contribution in [3.8, 4) is 6.07 Å². The molecule has 0 amide bonds. The summed E-state index contributed by atoms with van der Waals surface area (Å²) in [6.45, 7) is 8.08. The number of rotatable bonds is 10. The number of hydrogen-bond acceptors (Lipinski definition) is 2. The van der Waals surface area contributed by atoms with E-state index in [-0.39, 0.29) is 12.3 Å². The average molecular weight is 459 g/mol. The molecule has 2 aromatic rings. The van der Waals surface area contributed by atoms with Crippen molar-refractivity contribution >= 4 is 0 Å². The van der Waals surface area contributed by atoms with Crippen molar-refractivity contribution in [2.45, 2.75) is 77.4 Å². The summed E-state index contributed by atoms with van der Waals surface area (Å²) in [5, 5.41) is 7.32. The highest BCUT2D eigenvalue weighted by molar-refractivity contribution is 5.28. The summed E-state index contributed by atoms with van der Waals surface area (Å²) < 4.78 is 39.1. The van der Waals surface area contributed by atoms with Gasteiger partial charge in [-0.1, -0.05) is 61.5 Å². The van der Waals surface area contributed by atoms with Gasteiger partial charge in [0, 0.05) is 19.5 Å². The van der Waals surface area contributed by atoms with Gasteiger partial charge in [-0.05, 0) is 74.6 Å². The molecule has 3 atom stereocenters. The van der Waals surface area contributed by atoms with Gasteiger partial charge >= 0.3 is 6.18 Å². The van der Waals surface area contributed by atoms with Gasteiger partial charge in [0.2, 0.25) is 0 Å². The van der Waals surface area contributed by atoms with Crippen LogP contribution in [0.25, 0.3) is 0 Å². The highest BCUT2D eigenvalue weighted by Crippen LogP contribution is 2.50. The van der Waals surface area contributed by atoms with Gasteiger partial charge in [-0.25, -0.2) is 0 Å². The van der Waals surface area contributed by atoms with Crippen LogP contribution in [0.1, 0.15) is 69.1 Å². The van der Waals surface area contributed by atoms with E-state index < -0.39 is 12.1 Å². The molecule has 5 heteroatoms. The second-order valence-corrected chi connectivity index (χ2v) is 8.96. The zero-order chi connectivity index (χ0) is 24.3. The second kappa shape index (κ2) is 13.4. The third kappa shape index (κ3) is 8.51. The minimum Gasteiger partial charge on any atom is -0.300 e. The van der Waals surface area contributed by atoms with Gasteiger partial charge < -0.3 is 4.90 Å². The summed E-state index contributed by atoms with van der Waals surface area (Å²) in [5.41, 5.74) is 3.43. The predicted octanol–water partition coefficient (Wildman–Crippen LogP) is 7.55. The Morgan fingerprint density at radius 3 is 2.09 bits per heavy atom. The summed E-state index contributed by atoms with van der Waals surface area (Å²) in [5.74, 6) is -1.51. The van der Waals surface area contributed by atoms with Crippen molar-refractivity contribution in [2.24, 2.45) is 5.92 Å². The molecule has 1 aliphatic carbocycles. The van der Waals surface area contributed by atoms with Crippen LogP contribution < -0.4 is 0 Å².